The summed E-state index contributed by atoms with van der Waals surface area (Å²) in [5.41, 5.74) is 0. The van der Waals surface area contributed by atoms with Crippen molar-refractivity contribution in [2.45, 2.75) is 13.2 Å². The summed E-state index contributed by atoms with van der Waals surface area (Å²) in [4.78, 5) is 11.6. The minimum Gasteiger partial charge on any atom is -0.395 e. The SMILES string of the molecule is CCN(CCO)C(=O)NC(F)(F)F. The van der Waals surface area contributed by atoms with Crippen molar-refractivity contribution in [3.05, 3.63) is 0 Å². The number of halogens is 3. The number of urea groups is 1. The first-order valence-electron chi connectivity index (χ1n) is 3.65. The van der Waals surface area contributed by atoms with Crippen LogP contribution in [-0.4, -0.2) is 42.0 Å². The Labute approximate surface area is 73.3 Å². The standard InChI is InChI=1S/C6H11F3N2O2/c1-2-11(3-4-12)5(13)10-6(7,8)9/h12H,2-4H2,1H3,(H,10,13). The van der Waals surface area contributed by atoms with Gasteiger partial charge in [0.1, 0.15) is 0 Å². The normalized spacial score (nSPS) is 11.2. The van der Waals surface area contributed by atoms with E-state index in [1.807, 2.05) is 0 Å². The lowest BCUT2D eigenvalue weighted by Gasteiger charge is -2.20. The molecule has 7 heteroatoms. The number of nitrogens with one attached hydrogen (secondary N) is 1. The van der Waals surface area contributed by atoms with E-state index in [1.165, 1.54) is 6.92 Å². The summed E-state index contributed by atoms with van der Waals surface area (Å²) >= 11 is 0. The summed E-state index contributed by atoms with van der Waals surface area (Å²) in [6.07, 6.45) is -4.72. The van der Waals surface area contributed by atoms with Crippen molar-refractivity contribution in [3.8, 4) is 0 Å². The Hall–Kier alpha value is -0.980. The molecule has 0 aliphatic heterocycles. The van der Waals surface area contributed by atoms with Gasteiger partial charge in [-0.3, -0.25) is 0 Å². The van der Waals surface area contributed by atoms with Gasteiger partial charge in [0, 0.05) is 13.1 Å². The molecule has 0 aromatic carbocycles. The van der Waals surface area contributed by atoms with E-state index in [0.717, 1.165) is 10.2 Å². The second-order valence-corrected chi connectivity index (χ2v) is 2.23. The Morgan fingerprint density at radius 2 is 2.08 bits per heavy atom. The molecule has 13 heavy (non-hydrogen) atoms. The maximum atomic E-state index is 11.6. The molecule has 0 unspecified atom stereocenters. The number of aliphatic hydroxyl groups is 1. The van der Waals surface area contributed by atoms with Crippen molar-refractivity contribution in [1.29, 1.82) is 0 Å². The van der Waals surface area contributed by atoms with Crippen LogP contribution in [0.1, 0.15) is 6.92 Å². The van der Waals surface area contributed by atoms with Gasteiger partial charge in [0.25, 0.3) is 0 Å². The summed E-state index contributed by atoms with van der Waals surface area (Å²) < 4.78 is 34.9. The fourth-order valence-corrected chi connectivity index (χ4v) is 0.724. The van der Waals surface area contributed by atoms with Gasteiger partial charge in [-0.25, -0.2) is 10.1 Å². The van der Waals surface area contributed by atoms with E-state index in [-0.39, 0.29) is 19.7 Å². The Kier molecular flexibility index (Phi) is 4.53. The van der Waals surface area contributed by atoms with Crippen molar-refractivity contribution >= 4 is 6.03 Å². The van der Waals surface area contributed by atoms with Crippen molar-refractivity contribution in [1.82, 2.24) is 10.2 Å². The number of rotatable bonds is 3. The molecule has 2 N–H and O–H groups in total. The second-order valence-electron chi connectivity index (χ2n) is 2.23. The maximum absolute atomic E-state index is 11.6. The van der Waals surface area contributed by atoms with E-state index in [9.17, 15) is 18.0 Å². The summed E-state index contributed by atoms with van der Waals surface area (Å²) in [6.45, 7) is 1.16. The highest BCUT2D eigenvalue weighted by Crippen LogP contribution is 2.09. The van der Waals surface area contributed by atoms with Crippen molar-refractivity contribution in [3.63, 3.8) is 0 Å². The van der Waals surface area contributed by atoms with Gasteiger partial charge in [-0.2, -0.15) is 13.2 Å². The average molecular weight is 200 g/mol. The third-order valence-electron chi connectivity index (χ3n) is 1.29. The summed E-state index contributed by atoms with van der Waals surface area (Å²) in [5.74, 6) is 0. The zero-order valence-corrected chi connectivity index (χ0v) is 7.06. The molecule has 0 heterocycles. The van der Waals surface area contributed by atoms with E-state index < -0.39 is 12.3 Å². The van der Waals surface area contributed by atoms with Crippen molar-refractivity contribution < 1.29 is 23.1 Å². The van der Waals surface area contributed by atoms with E-state index in [2.05, 4.69) is 0 Å². The Morgan fingerprint density at radius 3 is 2.38 bits per heavy atom. The number of carbonyl (C=O) groups is 1. The molecule has 0 radical (unpaired) electrons. The van der Waals surface area contributed by atoms with Crippen LogP contribution >= 0.6 is 0 Å². The molecular formula is C6H11F3N2O2. The van der Waals surface area contributed by atoms with Crippen LogP contribution in [0.4, 0.5) is 18.0 Å². The first kappa shape index (κ1) is 12.0. The molecule has 78 valence electrons. The predicted molar refractivity (Wildman–Crippen MR) is 38.9 cm³/mol. The highest BCUT2D eigenvalue weighted by molar-refractivity contribution is 5.74. The maximum Gasteiger partial charge on any atom is 0.485 e. The lowest BCUT2D eigenvalue weighted by Crippen LogP contribution is -2.47. The van der Waals surface area contributed by atoms with Crippen LogP contribution < -0.4 is 5.32 Å². The third kappa shape index (κ3) is 5.29. The van der Waals surface area contributed by atoms with E-state index in [0.29, 0.717) is 0 Å². The second kappa shape index (κ2) is 4.90. The van der Waals surface area contributed by atoms with Crippen LogP contribution in [0.2, 0.25) is 0 Å². The summed E-state index contributed by atoms with van der Waals surface area (Å²) in [7, 11) is 0. The van der Waals surface area contributed by atoms with Crippen LogP contribution in [0, 0.1) is 0 Å². The monoisotopic (exact) mass is 200 g/mol. The zero-order valence-electron chi connectivity index (χ0n) is 7.06. The fourth-order valence-electron chi connectivity index (χ4n) is 0.724. The smallest absolute Gasteiger partial charge is 0.395 e. The number of carbonyl (C=O) groups excluding carboxylic acids is 1. The van der Waals surface area contributed by atoms with Crippen LogP contribution in [0.25, 0.3) is 0 Å². The Morgan fingerprint density at radius 1 is 1.54 bits per heavy atom. The van der Waals surface area contributed by atoms with Crippen molar-refractivity contribution in [2.24, 2.45) is 0 Å². The fraction of sp³-hybridized carbons (Fsp3) is 0.833. The Balaban J connectivity index is 4.06. The quantitative estimate of drug-likeness (QED) is 0.653. The molecule has 0 atom stereocenters. The van der Waals surface area contributed by atoms with Crippen molar-refractivity contribution in [2.75, 3.05) is 19.7 Å². The molecule has 0 saturated carbocycles. The molecule has 0 aromatic rings. The van der Waals surface area contributed by atoms with Gasteiger partial charge in [-0.15, -0.1) is 0 Å². The van der Waals surface area contributed by atoms with Gasteiger partial charge >= 0.3 is 12.3 Å². The zero-order chi connectivity index (χ0) is 10.5. The lowest BCUT2D eigenvalue weighted by molar-refractivity contribution is -0.147. The predicted octanol–water partition coefficient (Wildman–Crippen LogP) is 0.530. The molecule has 0 aromatic heterocycles. The number of amides is 2. The average Bonchev–Trinajstić information content (AvgIpc) is 1.96. The molecule has 0 fully saturated rings. The summed E-state index contributed by atoms with van der Waals surface area (Å²) in [5, 5.41) is 9.24. The number of alkyl halides is 3. The topological polar surface area (TPSA) is 52.6 Å². The van der Waals surface area contributed by atoms with Crippen LogP contribution in [-0.2, 0) is 0 Å². The van der Waals surface area contributed by atoms with E-state index >= 15 is 0 Å². The van der Waals surface area contributed by atoms with Crippen LogP contribution in [0.15, 0.2) is 0 Å². The molecule has 0 aliphatic carbocycles. The number of hydrogen-bond donors (Lipinski definition) is 2. The van der Waals surface area contributed by atoms with Gasteiger partial charge in [0.15, 0.2) is 0 Å². The Bertz CT molecular complexity index is 172. The lowest BCUT2D eigenvalue weighted by atomic mass is 10.5. The number of nitrogens with zero attached hydrogens (tertiary/aromatic N) is 1. The molecule has 0 bridgehead atoms. The molecule has 0 saturated heterocycles. The largest absolute Gasteiger partial charge is 0.485 e. The number of hydrogen-bond acceptors (Lipinski definition) is 2. The van der Waals surface area contributed by atoms with Gasteiger partial charge in [-0.05, 0) is 6.92 Å². The highest BCUT2D eigenvalue weighted by Gasteiger charge is 2.31. The third-order valence-corrected chi connectivity index (χ3v) is 1.29. The number of likely N-dealkylation sites (N-methyl/N-ethyl adjacent to an activating group) is 1. The molecule has 0 rings (SSSR count). The van der Waals surface area contributed by atoms with Crippen LogP contribution in [0.3, 0.4) is 0 Å². The first-order chi connectivity index (χ1) is 5.90. The minimum absolute atomic E-state index is 0.113. The van der Waals surface area contributed by atoms with Crippen LogP contribution in [0.5, 0.6) is 0 Å². The molecule has 0 aliphatic rings. The summed E-state index contributed by atoms with van der Waals surface area (Å²) in [6, 6.07) is -1.25. The van der Waals surface area contributed by atoms with E-state index in [4.69, 9.17) is 5.11 Å². The van der Waals surface area contributed by atoms with Gasteiger partial charge in [0.05, 0.1) is 6.61 Å². The number of aliphatic hydroxyl groups excluding tert-OH is 1. The molecular weight excluding hydrogens is 189 g/mol. The van der Waals surface area contributed by atoms with E-state index in [1.54, 1.807) is 0 Å². The molecule has 2 amide bonds. The minimum atomic E-state index is -4.72. The molecule has 4 nitrogen and oxygen atoms in total. The van der Waals surface area contributed by atoms with Gasteiger partial charge in [-0.1, -0.05) is 0 Å². The van der Waals surface area contributed by atoms with Gasteiger partial charge in [0.2, 0.25) is 0 Å². The highest BCUT2D eigenvalue weighted by atomic mass is 19.4. The molecule has 0 spiro atoms. The first-order valence-corrected chi connectivity index (χ1v) is 3.65. The van der Waals surface area contributed by atoms with Gasteiger partial charge < -0.3 is 10.0 Å².